The predicted octanol–water partition coefficient (Wildman–Crippen LogP) is 3.86. The minimum atomic E-state index is 0.187. The van der Waals surface area contributed by atoms with E-state index in [2.05, 4.69) is 22.6 Å². The van der Waals surface area contributed by atoms with Gasteiger partial charge in [-0.25, -0.2) is 0 Å². The van der Waals surface area contributed by atoms with Gasteiger partial charge in [-0.1, -0.05) is 11.6 Å². The number of hydrogen-bond acceptors (Lipinski definition) is 2. The lowest BCUT2D eigenvalue weighted by Gasteiger charge is -2.00. The molecule has 0 saturated carbocycles. The van der Waals surface area contributed by atoms with Crippen LogP contribution < -0.4 is 0 Å². The summed E-state index contributed by atoms with van der Waals surface area (Å²) in [6.45, 7) is 0. The monoisotopic (exact) mass is 310 g/mol. The van der Waals surface area contributed by atoms with Crippen LogP contribution in [-0.2, 0) is 0 Å². The normalized spacial score (nSPS) is 10.8. The van der Waals surface area contributed by atoms with E-state index in [1.165, 1.54) is 0 Å². The van der Waals surface area contributed by atoms with Crippen LogP contribution in [0.3, 0.4) is 0 Å². The highest BCUT2D eigenvalue weighted by molar-refractivity contribution is 14.1. The van der Waals surface area contributed by atoms with Crippen molar-refractivity contribution in [2.45, 2.75) is 0 Å². The maximum Gasteiger partial charge on any atom is 0.148 e. The number of phenols is 1. The van der Waals surface area contributed by atoms with Crippen molar-refractivity contribution in [3.05, 3.63) is 26.1 Å². The van der Waals surface area contributed by atoms with Crippen LogP contribution >= 0.6 is 45.5 Å². The minimum Gasteiger partial charge on any atom is -0.505 e. The molecule has 1 N–H and O–H groups in total. The third-order valence-electron chi connectivity index (χ3n) is 1.61. The quantitative estimate of drug-likeness (QED) is 0.733. The summed E-state index contributed by atoms with van der Waals surface area (Å²) >= 11 is 9.51. The summed E-state index contributed by atoms with van der Waals surface area (Å²) in [6, 6.07) is 3.78. The van der Waals surface area contributed by atoms with Crippen molar-refractivity contribution in [1.29, 1.82) is 0 Å². The van der Waals surface area contributed by atoms with Crippen molar-refractivity contribution in [3.8, 4) is 5.75 Å². The highest BCUT2D eigenvalue weighted by Crippen LogP contribution is 2.37. The first-order chi connectivity index (χ1) is 5.70. The third kappa shape index (κ3) is 1.20. The molecule has 0 fully saturated rings. The molecule has 0 bridgehead atoms. The smallest absolute Gasteiger partial charge is 0.148 e. The second-order valence-electron chi connectivity index (χ2n) is 2.36. The molecule has 0 saturated heterocycles. The van der Waals surface area contributed by atoms with Crippen LogP contribution in [0.4, 0.5) is 0 Å². The molecule has 0 aliphatic heterocycles. The van der Waals surface area contributed by atoms with Gasteiger partial charge < -0.3 is 5.11 Å². The first kappa shape index (κ1) is 8.59. The Morgan fingerprint density at radius 2 is 2.25 bits per heavy atom. The number of rotatable bonds is 0. The van der Waals surface area contributed by atoms with Gasteiger partial charge in [0.2, 0.25) is 0 Å². The summed E-state index contributed by atoms with van der Waals surface area (Å²) < 4.78 is 1.93. The Balaban J connectivity index is 2.94. The van der Waals surface area contributed by atoms with Gasteiger partial charge in [-0.05, 0) is 45.5 Å². The molecule has 0 aliphatic carbocycles. The Kier molecular flexibility index (Phi) is 2.18. The molecule has 0 amide bonds. The van der Waals surface area contributed by atoms with Gasteiger partial charge in [-0.15, -0.1) is 11.3 Å². The average molecular weight is 311 g/mol. The molecule has 0 aliphatic rings. The SMILES string of the molecule is Oc1c(Cl)cc2ccsc2c1I. The van der Waals surface area contributed by atoms with E-state index in [4.69, 9.17) is 11.6 Å². The predicted molar refractivity (Wildman–Crippen MR) is 61.2 cm³/mol. The molecule has 4 heteroatoms. The molecule has 12 heavy (non-hydrogen) atoms. The molecule has 0 unspecified atom stereocenters. The summed E-state index contributed by atoms with van der Waals surface area (Å²) in [4.78, 5) is 0. The molecule has 2 rings (SSSR count). The van der Waals surface area contributed by atoms with Crippen molar-refractivity contribution in [2.75, 3.05) is 0 Å². The van der Waals surface area contributed by atoms with Crippen molar-refractivity contribution in [2.24, 2.45) is 0 Å². The van der Waals surface area contributed by atoms with E-state index in [0.717, 1.165) is 13.7 Å². The van der Waals surface area contributed by atoms with E-state index in [1.54, 1.807) is 17.4 Å². The Morgan fingerprint density at radius 1 is 1.50 bits per heavy atom. The molecular weight excluding hydrogens is 307 g/mol. The molecule has 1 heterocycles. The molecule has 1 nitrogen and oxygen atoms in total. The fourth-order valence-electron chi connectivity index (χ4n) is 1.03. The van der Waals surface area contributed by atoms with Crippen LogP contribution in [-0.4, -0.2) is 5.11 Å². The van der Waals surface area contributed by atoms with Crippen LogP contribution in [0.5, 0.6) is 5.75 Å². The largest absolute Gasteiger partial charge is 0.505 e. The molecule has 1 aromatic heterocycles. The number of halogens is 2. The lowest BCUT2D eigenvalue weighted by atomic mass is 10.2. The molecule has 2 aromatic rings. The van der Waals surface area contributed by atoms with E-state index in [1.807, 2.05) is 11.4 Å². The maximum absolute atomic E-state index is 9.49. The van der Waals surface area contributed by atoms with Crippen molar-refractivity contribution >= 4 is 55.6 Å². The Bertz CT molecular complexity index is 438. The van der Waals surface area contributed by atoms with Gasteiger partial charge in [0.05, 0.1) is 13.3 Å². The van der Waals surface area contributed by atoms with Crippen molar-refractivity contribution in [3.63, 3.8) is 0 Å². The molecule has 1 aromatic carbocycles. The van der Waals surface area contributed by atoms with Crippen LogP contribution in [0.1, 0.15) is 0 Å². The summed E-state index contributed by atoms with van der Waals surface area (Å²) in [5.41, 5.74) is 0. The van der Waals surface area contributed by atoms with Gasteiger partial charge >= 0.3 is 0 Å². The fourth-order valence-corrected chi connectivity index (χ4v) is 3.20. The number of fused-ring (bicyclic) bond motifs is 1. The zero-order valence-corrected chi connectivity index (χ0v) is 9.57. The number of thiophene rings is 1. The van der Waals surface area contributed by atoms with E-state index >= 15 is 0 Å². The van der Waals surface area contributed by atoms with Crippen molar-refractivity contribution < 1.29 is 5.11 Å². The average Bonchev–Trinajstić information content (AvgIpc) is 2.48. The van der Waals surface area contributed by atoms with Gasteiger partial charge in [0, 0.05) is 0 Å². The molecule has 62 valence electrons. The second kappa shape index (κ2) is 3.05. The van der Waals surface area contributed by atoms with Gasteiger partial charge in [-0.3, -0.25) is 0 Å². The molecule has 0 spiro atoms. The van der Waals surface area contributed by atoms with Crippen LogP contribution in [0.15, 0.2) is 17.5 Å². The van der Waals surface area contributed by atoms with Gasteiger partial charge in [-0.2, -0.15) is 0 Å². The second-order valence-corrected chi connectivity index (χ2v) is 4.76. The first-order valence-electron chi connectivity index (χ1n) is 3.24. The van der Waals surface area contributed by atoms with E-state index < -0.39 is 0 Å². The standard InChI is InChI=1S/C8H4ClIOS/c9-5-3-4-1-2-12-8(4)6(10)7(5)11/h1-3,11H. The summed E-state index contributed by atoms with van der Waals surface area (Å²) in [7, 11) is 0. The summed E-state index contributed by atoms with van der Waals surface area (Å²) in [5, 5.41) is 13.0. The molecular formula is C8H4ClIOS. The van der Waals surface area contributed by atoms with Crippen LogP contribution in [0, 0.1) is 3.57 Å². The summed E-state index contributed by atoms with van der Waals surface area (Å²) in [5.74, 6) is 0.187. The Hall–Kier alpha value is -0.000000000000000111. The van der Waals surface area contributed by atoms with E-state index in [0.29, 0.717) is 5.02 Å². The van der Waals surface area contributed by atoms with Gasteiger partial charge in [0.1, 0.15) is 5.75 Å². The maximum atomic E-state index is 9.49. The van der Waals surface area contributed by atoms with E-state index in [9.17, 15) is 5.11 Å². The number of hydrogen-bond donors (Lipinski definition) is 1. The summed E-state index contributed by atoms with van der Waals surface area (Å²) in [6.07, 6.45) is 0. The highest BCUT2D eigenvalue weighted by atomic mass is 127. The first-order valence-corrected chi connectivity index (χ1v) is 5.58. The minimum absolute atomic E-state index is 0.187. The number of phenolic OH excluding ortho intramolecular Hbond substituents is 1. The fraction of sp³-hybridized carbons (Fsp3) is 0. The van der Waals surface area contributed by atoms with E-state index in [-0.39, 0.29) is 5.75 Å². The third-order valence-corrected chi connectivity index (χ3v) is 4.26. The van der Waals surface area contributed by atoms with Crippen molar-refractivity contribution in [1.82, 2.24) is 0 Å². The highest BCUT2D eigenvalue weighted by Gasteiger charge is 2.09. The van der Waals surface area contributed by atoms with Gasteiger partial charge in [0.25, 0.3) is 0 Å². The zero-order chi connectivity index (χ0) is 8.72. The number of aromatic hydroxyl groups is 1. The van der Waals surface area contributed by atoms with Crippen LogP contribution in [0.25, 0.3) is 10.1 Å². The lowest BCUT2D eigenvalue weighted by Crippen LogP contribution is -1.75. The Morgan fingerprint density at radius 3 is 3.00 bits per heavy atom. The molecule has 0 atom stereocenters. The lowest BCUT2D eigenvalue weighted by molar-refractivity contribution is 0.473. The molecule has 0 radical (unpaired) electrons. The zero-order valence-electron chi connectivity index (χ0n) is 5.84. The topological polar surface area (TPSA) is 20.2 Å². The number of benzene rings is 1. The van der Waals surface area contributed by atoms with Crippen LogP contribution in [0.2, 0.25) is 5.02 Å². The Labute approximate surface area is 92.1 Å². The van der Waals surface area contributed by atoms with Gasteiger partial charge in [0.15, 0.2) is 0 Å².